The molecular weight excluding hydrogens is 276 g/mol. The number of nitrogens with one attached hydrogen (secondary N) is 2. The third-order valence-electron chi connectivity index (χ3n) is 1.70. The van der Waals surface area contributed by atoms with Crippen LogP contribution in [0.1, 0.15) is 10.4 Å². The predicted molar refractivity (Wildman–Crippen MR) is 65.2 cm³/mol. The average molecular weight is 287 g/mol. The molecule has 2 rings (SSSR count). The smallest absolute Gasteiger partial charge is 0.495 e. The largest absolute Gasteiger partial charge is 0.545 e. The number of hydrogen-bond donors (Lipinski definition) is 2. The summed E-state index contributed by atoms with van der Waals surface area (Å²) in [6.45, 7) is 0. The zero-order valence-corrected chi connectivity index (χ0v) is 10.3. The second-order valence-corrected chi connectivity index (χ2v) is 3.43. The number of halogens is 1. The van der Waals surface area contributed by atoms with E-state index in [4.69, 9.17) is 17.3 Å². The van der Waals surface area contributed by atoms with Crippen molar-refractivity contribution in [2.45, 2.75) is 0 Å². The maximum Gasteiger partial charge on any atom is 0.495 e. The summed E-state index contributed by atoms with van der Waals surface area (Å²) in [6, 6.07) is 4.30. The van der Waals surface area contributed by atoms with E-state index < -0.39 is 5.97 Å². The van der Waals surface area contributed by atoms with Gasteiger partial charge in [0.1, 0.15) is 5.15 Å². The number of aromatic nitrogens is 3. The lowest BCUT2D eigenvalue weighted by Gasteiger charge is -1.98. The lowest BCUT2D eigenvalue weighted by Crippen LogP contribution is -2.28. The topological polar surface area (TPSA) is 158 Å². The zero-order valence-electron chi connectivity index (χ0n) is 9.51. The van der Waals surface area contributed by atoms with E-state index in [0.717, 1.165) is 6.20 Å². The first-order valence-corrected chi connectivity index (χ1v) is 5.06. The molecule has 0 saturated heterocycles. The number of nitrogens with two attached hydrogens (primary N) is 1. The van der Waals surface area contributed by atoms with Gasteiger partial charge in [-0.15, -0.1) is 0 Å². The van der Waals surface area contributed by atoms with Crippen molar-refractivity contribution in [3.05, 3.63) is 51.8 Å². The summed E-state index contributed by atoms with van der Waals surface area (Å²) >= 11 is 5.39. The van der Waals surface area contributed by atoms with Gasteiger partial charge in [0.15, 0.2) is 5.82 Å². The Bertz CT molecular complexity index is 585. The Kier molecular flexibility index (Phi) is 6.79. The molecule has 0 spiro atoms. The van der Waals surface area contributed by atoms with Crippen LogP contribution in [0.5, 0.6) is 0 Å². The van der Waals surface area contributed by atoms with E-state index in [-0.39, 0.29) is 21.9 Å². The fraction of sp³-hybridized carbons (Fsp3) is 0. The molecule has 9 heteroatoms. The number of aromatic amines is 2. The van der Waals surface area contributed by atoms with E-state index in [2.05, 4.69) is 15.0 Å². The van der Waals surface area contributed by atoms with Gasteiger partial charge in [-0.1, -0.05) is 11.6 Å². The van der Waals surface area contributed by atoms with Crippen molar-refractivity contribution in [2.24, 2.45) is 0 Å². The molecule has 0 aromatic carbocycles. The first-order valence-electron chi connectivity index (χ1n) is 4.68. The Morgan fingerprint density at radius 3 is 2.47 bits per heavy atom. The summed E-state index contributed by atoms with van der Waals surface area (Å²) in [5.41, 5.74) is 4.93. The molecule has 0 atom stereocenters. The number of nitrogens with zero attached hydrogens (tertiary/aromatic N) is 1. The van der Waals surface area contributed by atoms with E-state index in [0.29, 0.717) is 5.82 Å². The van der Waals surface area contributed by atoms with Crippen LogP contribution >= 0.6 is 11.6 Å². The monoisotopic (exact) mass is 286 g/mol. The summed E-state index contributed by atoms with van der Waals surface area (Å²) < 4.78 is 0. The molecule has 0 radical (unpaired) electrons. The van der Waals surface area contributed by atoms with Crippen LogP contribution < -0.4 is 21.5 Å². The van der Waals surface area contributed by atoms with Crippen molar-refractivity contribution < 1.29 is 20.4 Å². The number of hydrogen-bond acceptors (Lipinski definition) is 5. The number of anilines is 1. The van der Waals surface area contributed by atoms with Crippen LogP contribution in [0.3, 0.4) is 0 Å². The summed E-state index contributed by atoms with van der Waals surface area (Å²) in [4.78, 5) is 28.7. The summed E-state index contributed by atoms with van der Waals surface area (Å²) in [6.07, 6.45) is 2.63. The SMILES string of the molecule is Nc1cc[nH+]c(=O)[nH]1.O.O=C([O-])c1ccc(Cl)nc1. The minimum Gasteiger partial charge on any atom is -0.545 e. The van der Waals surface area contributed by atoms with Gasteiger partial charge in [-0.25, -0.2) is 9.97 Å². The molecule has 0 aliphatic carbocycles. The third-order valence-corrected chi connectivity index (χ3v) is 1.92. The van der Waals surface area contributed by atoms with Gasteiger partial charge in [0, 0.05) is 17.8 Å². The number of rotatable bonds is 1. The zero-order chi connectivity index (χ0) is 13.5. The number of nitrogen functional groups attached to an aromatic ring is 1. The van der Waals surface area contributed by atoms with Gasteiger partial charge in [-0.2, -0.15) is 9.78 Å². The average Bonchev–Trinajstić information content (AvgIpc) is 2.30. The lowest BCUT2D eigenvalue weighted by atomic mass is 10.3. The lowest BCUT2D eigenvalue weighted by molar-refractivity contribution is -0.402. The van der Waals surface area contributed by atoms with Crippen molar-refractivity contribution >= 4 is 23.4 Å². The molecule has 0 unspecified atom stereocenters. The number of carboxylic acids is 1. The molecule has 102 valence electrons. The van der Waals surface area contributed by atoms with Crippen molar-refractivity contribution in [1.29, 1.82) is 0 Å². The van der Waals surface area contributed by atoms with Crippen LogP contribution in [0.2, 0.25) is 5.15 Å². The summed E-state index contributed by atoms with van der Waals surface area (Å²) in [7, 11) is 0. The molecule has 0 aliphatic heterocycles. The summed E-state index contributed by atoms with van der Waals surface area (Å²) in [5.74, 6) is -0.877. The van der Waals surface area contributed by atoms with Crippen molar-refractivity contribution in [2.75, 3.05) is 5.73 Å². The minimum absolute atomic E-state index is 0. The molecule has 2 heterocycles. The fourth-order valence-corrected chi connectivity index (χ4v) is 1.02. The normalized spacial score (nSPS) is 8.68. The quantitative estimate of drug-likeness (QED) is 0.582. The van der Waals surface area contributed by atoms with E-state index in [1.54, 1.807) is 6.07 Å². The molecular formula is C10H11ClN4O4. The van der Waals surface area contributed by atoms with Crippen molar-refractivity contribution in [1.82, 2.24) is 9.97 Å². The Hall–Kier alpha value is -2.45. The van der Waals surface area contributed by atoms with Crippen LogP contribution in [-0.4, -0.2) is 21.4 Å². The number of carbonyl (C=O) groups is 1. The van der Waals surface area contributed by atoms with Gasteiger partial charge in [0.2, 0.25) is 0 Å². The number of pyridine rings is 1. The maximum absolute atomic E-state index is 10.3. The molecule has 2 aromatic heterocycles. The van der Waals surface area contributed by atoms with Gasteiger partial charge < -0.3 is 21.1 Å². The molecule has 6 N–H and O–H groups in total. The standard InChI is InChI=1S/C6H4ClNO2.C4H5N3O.H2O/c7-5-2-1-4(3-8-5)6(9)10;5-3-1-2-6-4(8)7-3;/h1-3H,(H,9,10);1-2H,(H3,5,6,7,8);1H2. The first-order chi connectivity index (χ1) is 8.49. The first kappa shape index (κ1) is 16.6. The fourth-order valence-electron chi connectivity index (χ4n) is 0.913. The highest BCUT2D eigenvalue weighted by molar-refractivity contribution is 6.29. The Morgan fingerprint density at radius 1 is 1.42 bits per heavy atom. The molecule has 0 fully saturated rings. The molecule has 8 nitrogen and oxygen atoms in total. The van der Waals surface area contributed by atoms with Gasteiger partial charge >= 0.3 is 5.69 Å². The number of H-pyrrole nitrogens is 2. The minimum atomic E-state index is -1.25. The predicted octanol–water partition coefficient (Wildman–Crippen LogP) is -1.95. The van der Waals surface area contributed by atoms with Gasteiger partial charge in [-0.05, 0) is 12.1 Å². The van der Waals surface area contributed by atoms with Gasteiger partial charge in [0.25, 0.3) is 0 Å². The second kappa shape index (κ2) is 7.80. The van der Waals surface area contributed by atoms with Crippen LogP contribution in [0.4, 0.5) is 5.82 Å². The van der Waals surface area contributed by atoms with Crippen LogP contribution in [0.15, 0.2) is 35.4 Å². The van der Waals surface area contributed by atoms with Crippen LogP contribution in [0.25, 0.3) is 0 Å². The van der Waals surface area contributed by atoms with Crippen LogP contribution in [0, 0.1) is 0 Å². The number of carboxylic acid groups (broad SMARTS) is 1. The van der Waals surface area contributed by atoms with Crippen LogP contribution in [-0.2, 0) is 0 Å². The Labute approximate surface area is 112 Å². The number of carbonyl (C=O) groups excluding carboxylic acids is 1. The Morgan fingerprint density at radius 2 is 2.11 bits per heavy atom. The van der Waals surface area contributed by atoms with Gasteiger partial charge in [-0.3, -0.25) is 0 Å². The summed E-state index contributed by atoms with van der Waals surface area (Å²) in [5, 5.41) is 10.4. The molecule has 19 heavy (non-hydrogen) atoms. The van der Waals surface area contributed by atoms with E-state index in [1.165, 1.54) is 18.3 Å². The van der Waals surface area contributed by atoms with E-state index >= 15 is 0 Å². The Balaban J connectivity index is 0.000000331. The molecule has 0 aliphatic rings. The highest BCUT2D eigenvalue weighted by Gasteiger charge is 1.92. The second-order valence-electron chi connectivity index (χ2n) is 3.04. The molecule has 0 amide bonds. The third kappa shape index (κ3) is 6.15. The van der Waals surface area contributed by atoms with E-state index in [9.17, 15) is 14.7 Å². The molecule has 0 saturated carbocycles. The molecule has 0 bridgehead atoms. The number of aromatic carboxylic acids is 1. The van der Waals surface area contributed by atoms with Crippen molar-refractivity contribution in [3.63, 3.8) is 0 Å². The van der Waals surface area contributed by atoms with Gasteiger partial charge in [0.05, 0.1) is 12.2 Å². The maximum atomic E-state index is 10.3. The highest BCUT2D eigenvalue weighted by Crippen LogP contribution is 2.03. The molecule has 2 aromatic rings. The highest BCUT2D eigenvalue weighted by atomic mass is 35.5. The van der Waals surface area contributed by atoms with E-state index in [1.807, 2.05) is 0 Å². The van der Waals surface area contributed by atoms with Crippen molar-refractivity contribution in [3.8, 4) is 0 Å².